The van der Waals surface area contributed by atoms with Gasteiger partial charge in [-0.25, -0.2) is 4.79 Å². The van der Waals surface area contributed by atoms with E-state index < -0.39 is 41.3 Å². The molecule has 1 amide bonds. The molecule has 0 saturated carbocycles. The molecular weight excluding hydrogens is 473 g/mol. The van der Waals surface area contributed by atoms with Crippen molar-refractivity contribution in [1.29, 1.82) is 0 Å². The molecule has 1 aliphatic heterocycles. The lowest BCUT2D eigenvalue weighted by Gasteiger charge is -2.28. The lowest BCUT2D eigenvalue weighted by atomic mass is 10.0. The highest BCUT2D eigenvalue weighted by atomic mass is 19.4. The minimum Gasteiger partial charge on any atom is -0.508 e. The van der Waals surface area contributed by atoms with Crippen LogP contribution < -0.4 is 10.2 Å². The van der Waals surface area contributed by atoms with E-state index in [9.17, 15) is 27.9 Å². The van der Waals surface area contributed by atoms with Crippen molar-refractivity contribution in [3.05, 3.63) is 70.9 Å². The lowest BCUT2D eigenvalue weighted by Crippen LogP contribution is -2.46. The summed E-state index contributed by atoms with van der Waals surface area (Å²) in [7, 11) is 0. The highest BCUT2D eigenvalue weighted by molar-refractivity contribution is 5.98. The third-order valence-corrected chi connectivity index (χ3v) is 5.85. The Kier molecular flexibility index (Phi) is 7.71. The number of hydrogen-bond donors (Lipinski definition) is 2. The topological polar surface area (TPSA) is 78.9 Å². The van der Waals surface area contributed by atoms with Gasteiger partial charge in [0.1, 0.15) is 17.4 Å². The van der Waals surface area contributed by atoms with Gasteiger partial charge in [-0.05, 0) is 64.4 Å². The Morgan fingerprint density at radius 2 is 1.72 bits per heavy atom. The molecule has 0 aromatic heterocycles. The molecule has 0 radical (unpaired) electrons. The van der Waals surface area contributed by atoms with Gasteiger partial charge in [-0.15, -0.1) is 0 Å². The average Bonchev–Trinajstić information content (AvgIpc) is 3.06. The third-order valence-electron chi connectivity index (χ3n) is 5.85. The van der Waals surface area contributed by atoms with Crippen LogP contribution in [0.4, 0.5) is 18.9 Å². The van der Waals surface area contributed by atoms with Crippen LogP contribution in [0.25, 0.3) is 0 Å². The summed E-state index contributed by atoms with van der Waals surface area (Å²) < 4.78 is 46.4. The van der Waals surface area contributed by atoms with Crippen LogP contribution in [0.3, 0.4) is 0 Å². The van der Waals surface area contributed by atoms with Gasteiger partial charge in [0.25, 0.3) is 0 Å². The minimum absolute atomic E-state index is 0.0226. The Morgan fingerprint density at radius 1 is 1.11 bits per heavy atom. The van der Waals surface area contributed by atoms with Crippen LogP contribution in [0.2, 0.25) is 0 Å². The van der Waals surface area contributed by atoms with Crippen molar-refractivity contribution >= 4 is 17.6 Å². The molecule has 9 heteroatoms. The average molecular weight is 505 g/mol. The van der Waals surface area contributed by atoms with Gasteiger partial charge in [0.05, 0.1) is 11.3 Å². The van der Waals surface area contributed by atoms with Crippen LogP contribution in [0, 0.1) is 0 Å². The van der Waals surface area contributed by atoms with E-state index in [0.29, 0.717) is 16.8 Å². The fraction of sp³-hybridized carbons (Fsp3) is 0.407. The molecule has 1 unspecified atom stereocenters. The first-order valence-electron chi connectivity index (χ1n) is 11.6. The lowest BCUT2D eigenvalue weighted by molar-refractivity contribution is -0.158. The van der Waals surface area contributed by atoms with Crippen molar-refractivity contribution in [2.24, 2.45) is 0 Å². The number of nitrogens with one attached hydrogen (secondary N) is 1. The monoisotopic (exact) mass is 504 g/mol. The highest BCUT2D eigenvalue weighted by Crippen LogP contribution is 2.41. The molecule has 3 rings (SSSR count). The largest absolute Gasteiger partial charge is 0.508 e. The summed E-state index contributed by atoms with van der Waals surface area (Å²) in [5.74, 6) is -1.11. The van der Waals surface area contributed by atoms with Crippen molar-refractivity contribution in [3.63, 3.8) is 0 Å². The normalized spacial score (nSPS) is 17.2. The zero-order valence-corrected chi connectivity index (χ0v) is 20.9. The summed E-state index contributed by atoms with van der Waals surface area (Å²) in [5.41, 5.74) is -0.204. The van der Waals surface area contributed by atoms with E-state index in [1.165, 1.54) is 35.2 Å². The molecule has 1 aliphatic rings. The number of anilines is 1. The van der Waals surface area contributed by atoms with Crippen molar-refractivity contribution in [1.82, 2.24) is 5.32 Å². The Hall–Kier alpha value is -3.49. The fourth-order valence-corrected chi connectivity index (χ4v) is 4.29. The van der Waals surface area contributed by atoms with Crippen molar-refractivity contribution < 1.29 is 32.6 Å². The van der Waals surface area contributed by atoms with Crippen molar-refractivity contribution in [3.8, 4) is 5.75 Å². The zero-order valence-electron chi connectivity index (χ0n) is 20.9. The van der Waals surface area contributed by atoms with E-state index in [4.69, 9.17) is 4.74 Å². The highest BCUT2D eigenvalue weighted by Gasteiger charge is 2.39. The number of halogens is 3. The minimum atomic E-state index is -4.55. The number of esters is 1. The standard InChI is InChI=1S/C27H31F3N2O4/c1-16-14-20(17(2)32(16)23-9-7-6-8-21(23)27(28,29)30)24(34)31-22(25(35)36-26(3,4)5)15-18-10-12-19(33)13-11-18/h6-13,16,22,33H,14-15H2,1-5H3,(H,31,34)/t16?,22-/m0/s1. The number of alkyl halides is 3. The summed E-state index contributed by atoms with van der Waals surface area (Å²) >= 11 is 0. The molecule has 1 heterocycles. The maximum atomic E-state index is 13.7. The van der Waals surface area contributed by atoms with Gasteiger partial charge >= 0.3 is 12.1 Å². The van der Waals surface area contributed by atoms with E-state index >= 15 is 0 Å². The third kappa shape index (κ3) is 6.38. The molecule has 194 valence electrons. The first kappa shape index (κ1) is 27.1. The predicted octanol–water partition coefficient (Wildman–Crippen LogP) is 5.35. The molecule has 0 saturated heterocycles. The Bertz CT molecular complexity index is 1150. The maximum Gasteiger partial charge on any atom is 0.418 e. The number of carbonyl (C=O) groups excluding carboxylic acids is 2. The van der Waals surface area contributed by atoms with Gasteiger partial charge in [0, 0.05) is 30.2 Å². The van der Waals surface area contributed by atoms with Gasteiger partial charge in [-0.1, -0.05) is 24.3 Å². The van der Waals surface area contributed by atoms with Gasteiger partial charge in [0.2, 0.25) is 5.91 Å². The number of aromatic hydroxyl groups is 1. The van der Waals surface area contributed by atoms with Crippen LogP contribution in [0.15, 0.2) is 59.8 Å². The van der Waals surface area contributed by atoms with Crippen LogP contribution in [-0.4, -0.2) is 34.7 Å². The summed E-state index contributed by atoms with van der Waals surface area (Å²) in [6.45, 7) is 8.50. The second-order valence-corrected chi connectivity index (χ2v) is 9.93. The van der Waals surface area contributed by atoms with Crippen molar-refractivity contribution in [2.75, 3.05) is 4.90 Å². The Morgan fingerprint density at radius 3 is 2.31 bits per heavy atom. The van der Waals surface area contributed by atoms with Gasteiger partial charge in [0.15, 0.2) is 0 Å². The smallest absolute Gasteiger partial charge is 0.418 e. The van der Waals surface area contributed by atoms with Crippen LogP contribution in [0.5, 0.6) is 5.75 Å². The fourth-order valence-electron chi connectivity index (χ4n) is 4.29. The molecule has 0 aliphatic carbocycles. The molecule has 0 fully saturated rings. The maximum absolute atomic E-state index is 13.7. The zero-order chi connectivity index (χ0) is 26.8. The van der Waals surface area contributed by atoms with E-state index in [2.05, 4.69) is 5.32 Å². The number of ether oxygens (including phenoxy) is 1. The van der Waals surface area contributed by atoms with Crippen LogP contribution >= 0.6 is 0 Å². The number of carbonyl (C=O) groups is 2. The first-order valence-corrected chi connectivity index (χ1v) is 11.6. The van der Waals surface area contributed by atoms with Crippen molar-refractivity contribution in [2.45, 2.75) is 71.3 Å². The Labute approximate surface area is 208 Å². The molecule has 2 aromatic rings. The number of rotatable bonds is 6. The first-order chi connectivity index (χ1) is 16.7. The van der Waals surface area contributed by atoms with Crippen LogP contribution in [0.1, 0.15) is 52.2 Å². The number of amides is 1. The summed E-state index contributed by atoms with van der Waals surface area (Å²) in [5, 5.41) is 12.3. The Balaban J connectivity index is 1.90. The SMILES string of the molecule is CC1=C(C(=O)N[C@@H](Cc2ccc(O)cc2)C(=O)OC(C)(C)C)CC(C)N1c1ccccc1C(F)(F)F. The molecule has 36 heavy (non-hydrogen) atoms. The molecular formula is C27H31F3N2O4. The van der Waals surface area contributed by atoms with Gasteiger partial charge in [-0.2, -0.15) is 13.2 Å². The number of allylic oxidation sites excluding steroid dienone is 1. The summed E-state index contributed by atoms with van der Waals surface area (Å²) in [6, 6.07) is 10.1. The molecule has 0 spiro atoms. The number of nitrogens with zero attached hydrogens (tertiary/aromatic N) is 1. The van der Waals surface area contributed by atoms with Crippen LogP contribution in [-0.2, 0) is 26.9 Å². The quantitative estimate of drug-likeness (QED) is 0.519. The van der Waals surface area contributed by atoms with E-state index in [1.54, 1.807) is 46.8 Å². The summed E-state index contributed by atoms with van der Waals surface area (Å²) in [4.78, 5) is 27.8. The second-order valence-electron chi connectivity index (χ2n) is 9.93. The number of hydrogen-bond acceptors (Lipinski definition) is 5. The number of phenols is 1. The number of phenolic OH excluding ortho intramolecular Hbond substituents is 1. The van der Waals surface area contributed by atoms with Gasteiger partial charge < -0.3 is 20.1 Å². The number of benzene rings is 2. The van der Waals surface area contributed by atoms with E-state index in [0.717, 1.165) is 6.07 Å². The van der Waals surface area contributed by atoms with E-state index in [-0.39, 0.29) is 24.3 Å². The molecule has 2 aromatic carbocycles. The summed E-state index contributed by atoms with van der Waals surface area (Å²) in [6.07, 6.45) is -4.22. The molecule has 0 bridgehead atoms. The molecule has 6 nitrogen and oxygen atoms in total. The molecule has 2 N–H and O–H groups in total. The second kappa shape index (κ2) is 10.2. The predicted molar refractivity (Wildman–Crippen MR) is 130 cm³/mol. The van der Waals surface area contributed by atoms with E-state index in [1.807, 2.05) is 0 Å². The molecule has 2 atom stereocenters. The van der Waals surface area contributed by atoms with Gasteiger partial charge in [-0.3, -0.25) is 4.79 Å². The number of para-hydroxylation sites is 1.